The topological polar surface area (TPSA) is 81.2 Å². The fourth-order valence-electron chi connectivity index (χ4n) is 2.89. The summed E-state index contributed by atoms with van der Waals surface area (Å²) in [5.41, 5.74) is 5.82. The third-order valence-corrected chi connectivity index (χ3v) is 6.12. The smallest absolute Gasteiger partial charge is 0.248 e. The molecule has 1 aromatic heterocycles. The van der Waals surface area contributed by atoms with Crippen LogP contribution in [0.4, 0.5) is 5.82 Å². The van der Waals surface area contributed by atoms with Gasteiger partial charge in [0.25, 0.3) is 0 Å². The van der Waals surface area contributed by atoms with Crippen molar-refractivity contribution >= 4 is 15.8 Å². The SMILES string of the molecule is CCCn1cc(S(=O)(=O)N2CCCC(CC)CC2)c(N)n1. The molecule has 2 rings (SSSR count). The largest absolute Gasteiger partial charge is 0.381 e. The first kappa shape index (κ1) is 16.3. The fourth-order valence-corrected chi connectivity index (χ4v) is 4.44. The zero-order valence-electron chi connectivity index (χ0n) is 13.0. The van der Waals surface area contributed by atoms with Crippen molar-refractivity contribution in [2.75, 3.05) is 18.8 Å². The second kappa shape index (κ2) is 6.79. The molecule has 0 radical (unpaired) electrons. The summed E-state index contributed by atoms with van der Waals surface area (Å²) in [6.07, 6.45) is 6.52. The number of nitrogen functional groups attached to an aromatic ring is 1. The van der Waals surface area contributed by atoms with E-state index in [1.54, 1.807) is 15.2 Å². The van der Waals surface area contributed by atoms with E-state index in [1.165, 1.54) is 0 Å². The number of nitrogens with two attached hydrogens (primary N) is 1. The van der Waals surface area contributed by atoms with E-state index >= 15 is 0 Å². The van der Waals surface area contributed by atoms with Gasteiger partial charge < -0.3 is 5.73 Å². The molecule has 7 heteroatoms. The number of aromatic nitrogens is 2. The Labute approximate surface area is 127 Å². The van der Waals surface area contributed by atoms with Gasteiger partial charge in [0.2, 0.25) is 10.0 Å². The molecule has 120 valence electrons. The normalized spacial score (nSPS) is 21.3. The highest BCUT2D eigenvalue weighted by molar-refractivity contribution is 7.89. The van der Waals surface area contributed by atoms with Crippen LogP contribution in [0.25, 0.3) is 0 Å². The third kappa shape index (κ3) is 3.58. The Balaban J connectivity index is 2.21. The third-order valence-electron chi connectivity index (χ3n) is 4.21. The van der Waals surface area contributed by atoms with E-state index in [-0.39, 0.29) is 10.7 Å². The summed E-state index contributed by atoms with van der Waals surface area (Å²) in [4.78, 5) is 0.158. The molecular formula is C14H26N4O2S. The van der Waals surface area contributed by atoms with Gasteiger partial charge in [-0.2, -0.15) is 9.40 Å². The maximum atomic E-state index is 12.8. The number of hydrogen-bond donors (Lipinski definition) is 1. The van der Waals surface area contributed by atoms with E-state index in [4.69, 9.17) is 5.73 Å². The Hall–Kier alpha value is -1.08. The molecule has 1 saturated heterocycles. The molecule has 1 atom stereocenters. The minimum absolute atomic E-state index is 0.111. The van der Waals surface area contributed by atoms with Gasteiger partial charge in [0, 0.05) is 25.8 Å². The van der Waals surface area contributed by atoms with Gasteiger partial charge in [-0.05, 0) is 31.6 Å². The lowest BCUT2D eigenvalue weighted by atomic mass is 9.98. The van der Waals surface area contributed by atoms with Gasteiger partial charge in [0.1, 0.15) is 4.90 Å². The molecule has 1 unspecified atom stereocenters. The van der Waals surface area contributed by atoms with E-state index in [9.17, 15) is 8.42 Å². The lowest BCUT2D eigenvalue weighted by molar-refractivity contribution is 0.407. The van der Waals surface area contributed by atoms with E-state index in [0.29, 0.717) is 25.6 Å². The van der Waals surface area contributed by atoms with Crippen LogP contribution in [-0.2, 0) is 16.6 Å². The molecule has 0 amide bonds. The van der Waals surface area contributed by atoms with Crippen molar-refractivity contribution in [1.29, 1.82) is 0 Å². The van der Waals surface area contributed by atoms with Crippen LogP contribution in [0, 0.1) is 5.92 Å². The summed E-state index contributed by atoms with van der Waals surface area (Å²) < 4.78 is 28.7. The Bertz CT molecular complexity index is 568. The monoisotopic (exact) mass is 314 g/mol. The number of nitrogens with zero attached hydrogens (tertiary/aromatic N) is 3. The molecule has 0 spiro atoms. The van der Waals surface area contributed by atoms with Crippen molar-refractivity contribution in [2.45, 2.75) is 57.4 Å². The Morgan fingerprint density at radius 1 is 1.33 bits per heavy atom. The van der Waals surface area contributed by atoms with Crippen LogP contribution < -0.4 is 5.73 Å². The van der Waals surface area contributed by atoms with Crippen molar-refractivity contribution < 1.29 is 8.42 Å². The molecule has 0 aromatic carbocycles. The lowest BCUT2D eigenvalue weighted by Gasteiger charge is -2.19. The van der Waals surface area contributed by atoms with Crippen LogP contribution in [0.15, 0.2) is 11.1 Å². The summed E-state index contributed by atoms with van der Waals surface area (Å²) in [5.74, 6) is 0.741. The minimum Gasteiger partial charge on any atom is -0.381 e. The van der Waals surface area contributed by atoms with E-state index in [2.05, 4.69) is 12.0 Å². The second-order valence-corrected chi connectivity index (χ2v) is 7.66. The van der Waals surface area contributed by atoms with Crippen LogP contribution in [0.3, 0.4) is 0 Å². The predicted molar refractivity (Wildman–Crippen MR) is 83.3 cm³/mol. The summed E-state index contributed by atoms with van der Waals surface area (Å²) >= 11 is 0. The summed E-state index contributed by atoms with van der Waals surface area (Å²) in [5, 5.41) is 4.10. The minimum atomic E-state index is -3.52. The number of rotatable bonds is 5. The molecule has 2 heterocycles. The molecule has 1 aromatic rings. The van der Waals surface area contributed by atoms with Crippen molar-refractivity contribution in [3.8, 4) is 0 Å². The zero-order valence-corrected chi connectivity index (χ0v) is 13.8. The van der Waals surface area contributed by atoms with Crippen LogP contribution in [-0.4, -0.2) is 35.6 Å². The fraction of sp³-hybridized carbons (Fsp3) is 0.786. The number of anilines is 1. The standard InChI is InChI=1S/C14H26N4O2S/c1-3-8-17-11-13(14(15)16-17)21(19,20)18-9-5-6-12(4-2)7-10-18/h11-12H,3-10H2,1-2H3,(H2,15,16). The number of hydrogen-bond acceptors (Lipinski definition) is 4. The Morgan fingerprint density at radius 3 is 2.76 bits per heavy atom. The molecule has 2 N–H and O–H groups in total. The lowest BCUT2D eigenvalue weighted by Crippen LogP contribution is -2.32. The van der Waals surface area contributed by atoms with Crippen LogP contribution in [0.5, 0.6) is 0 Å². The van der Waals surface area contributed by atoms with Gasteiger partial charge in [-0.1, -0.05) is 20.3 Å². The maximum absolute atomic E-state index is 12.8. The van der Waals surface area contributed by atoms with Crippen LogP contribution in [0.1, 0.15) is 46.0 Å². The molecule has 21 heavy (non-hydrogen) atoms. The molecular weight excluding hydrogens is 288 g/mol. The average molecular weight is 314 g/mol. The molecule has 1 fully saturated rings. The van der Waals surface area contributed by atoms with Crippen molar-refractivity contribution in [2.24, 2.45) is 5.92 Å². The first-order chi connectivity index (χ1) is 9.98. The Kier molecular flexibility index (Phi) is 5.27. The highest BCUT2D eigenvalue weighted by atomic mass is 32.2. The van der Waals surface area contributed by atoms with Crippen molar-refractivity contribution in [3.63, 3.8) is 0 Å². The summed E-state index contributed by atoms with van der Waals surface area (Å²) in [6, 6.07) is 0. The van der Waals surface area contributed by atoms with Crippen LogP contribution in [0.2, 0.25) is 0 Å². The summed E-state index contributed by atoms with van der Waals surface area (Å²) in [7, 11) is -3.52. The molecule has 0 bridgehead atoms. The quantitative estimate of drug-likeness (QED) is 0.902. The van der Waals surface area contributed by atoms with Gasteiger partial charge in [-0.3, -0.25) is 4.68 Å². The number of aryl methyl sites for hydroxylation is 1. The first-order valence-corrected chi connectivity index (χ1v) is 9.26. The van der Waals surface area contributed by atoms with E-state index in [0.717, 1.165) is 32.1 Å². The van der Waals surface area contributed by atoms with E-state index in [1.807, 2.05) is 6.92 Å². The maximum Gasteiger partial charge on any atom is 0.248 e. The van der Waals surface area contributed by atoms with Gasteiger partial charge in [0.15, 0.2) is 5.82 Å². The second-order valence-electron chi connectivity index (χ2n) is 5.75. The Morgan fingerprint density at radius 2 is 2.10 bits per heavy atom. The van der Waals surface area contributed by atoms with Crippen LogP contribution >= 0.6 is 0 Å². The number of sulfonamides is 1. The van der Waals surface area contributed by atoms with Gasteiger partial charge >= 0.3 is 0 Å². The van der Waals surface area contributed by atoms with Gasteiger partial charge in [0.05, 0.1) is 0 Å². The molecule has 1 aliphatic heterocycles. The predicted octanol–water partition coefficient (Wildman–Crippen LogP) is 2.08. The molecule has 0 aliphatic carbocycles. The van der Waals surface area contributed by atoms with Crippen molar-refractivity contribution in [1.82, 2.24) is 14.1 Å². The van der Waals surface area contributed by atoms with Crippen molar-refractivity contribution in [3.05, 3.63) is 6.20 Å². The van der Waals surface area contributed by atoms with Gasteiger partial charge in [-0.15, -0.1) is 0 Å². The van der Waals surface area contributed by atoms with Gasteiger partial charge in [-0.25, -0.2) is 8.42 Å². The molecule has 1 aliphatic rings. The zero-order chi connectivity index (χ0) is 15.5. The average Bonchev–Trinajstić information content (AvgIpc) is 2.68. The molecule has 6 nitrogen and oxygen atoms in total. The van der Waals surface area contributed by atoms with E-state index < -0.39 is 10.0 Å². The summed E-state index contributed by atoms with van der Waals surface area (Å²) in [6.45, 7) is 6.03. The highest BCUT2D eigenvalue weighted by Crippen LogP contribution is 2.27. The highest BCUT2D eigenvalue weighted by Gasteiger charge is 2.30. The molecule has 0 saturated carbocycles. The first-order valence-electron chi connectivity index (χ1n) is 7.82.